The molecule has 0 aliphatic carbocycles. The number of carbonyl (C=O) groups excluding carboxylic acids is 1. The molecule has 0 amide bonds. The summed E-state index contributed by atoms with van der Waals surface area (Å²) in [7, 11) is 0. The molecule has 13 heavy (non-hydrogen) atoms. The molecule has 0 unspecified atom stereocenters. The molecular formula is C10H18O3. The zero-order valence-electron chi connectivity index (χ0n) is 8.54. The van der Waals surface area contributed by atoms with E-state index in [1.165, 1.54) is 0 Å². The highest BCUT2D eigenvalue weighted by atomic mass is 16.6. The van der Waals surface area contributed by atoms with Crippen molar-refractivity contribution in [1.82, 2.24) is 0 Å². The first-order valence-electron chi connectivity index (χ1n) is 4.43. The van der Waals surface area contributed by atoms with Crippen LogP contribution in [0.25, 0.3) is 0 Å². The maximum atomic E-state index is 11.1. The maximum Gasteiger partial charge on any atom is 0.306 e. The van der Waals surface area contributed by atoms with E-state index in [2.05, 4.69) is 0 Å². The average molecular weight is 186 g/mol. The van der Waals surface area contributed by atoms with Gasteiger partial charge in [0.2, 0.25) is 0 Å². The molecule has 3 heteroatoms. The summed E-state index contributed by atoms with van der Waals surface area (Å²) in [5, 5.41) is 8.41. The summed E-state index contributed by atoms with van der Waals surface area (Å²) in [6, 6.07) is 0. The molecule has 0 aliphatic heterocycles. The smallest absolute Gasteiger partial charge is 0.306 e. The Morgan fingerprint density at radius 1 is 1.38 bits per heavy atom. The number of aliphatic hydroxyl groups is 1. The number of hydrogen-bond donors (Lipinski definition) is 1. The summed E-state index contributed by atoms with van der Waals surface area (Å²) in [6.45, 7) is 5.55. The Labute approximate surface area is 79.4 Å². The highest BCUT2D eigenvalue weighted by molar-refractivity contribution is 5.69. The average Bonchev–Trinajstić information content (AvgIpc) is 1.94. The predicted octanol–water partition coefficient (Wildman–Crippen LogP) is 1.66. The third kappa shape index (κ3) is 9.08. The lowest BCUT2D eigenvalue weighted by Crippen LogP contribution is -2.23. The first-order valence-corrected chi connectivity index (χ1v) is 4.43. The van der Waals surface area contributed by atoms with E-state index in [1.54, 1.807) is 12.2 Å². The Kier molecular flexibility index (Phi) is 5.39. The van der Waals surface area contributed by atoms with Crippen molar-refractivity contribution in [3.8, 4) is 0 Å². The lowest BCUT2D eigenvalue weighted by Gasteiger charge is -2.19. The Morgan fingerprint density at radius 2 is 2.00 bits per heavy atom. The third-order valence-electron chi connectivity index (χ3n) is 1.21. The van der Waals surface area contributed by atoms with E-state index in [0.29, 0.717) is 12.8 Å². The number of rotatable bonds is 4. The van der Waals surface area contributed by atoms with Crippen molar-refractivity contribution >= 4 is 5.97 Å². The van der Waals surface area contributed by atoms with Gasteiger partial charge in [-0.2, -0.15) is 0 Å². The van der Waals surface area contributed by atoms with Gasteiger partial charge in [0.15, 0.2) is 0 Å². The van der Waals surface area contributed by atoms with Gasteiger partial charge >= 0.3 is 5.97 Å². The summed E-state index contributed by atoms with van der Waals surface area (Å²) in [4.78, 5) is 11.1. The second-order valence-electron chi connectivity index (χ2n) is 3.78. The summed E-state index contributed by atoms with van der Waals surface area (Å²) in [5.74, 6) is -0.199. The molecular weight excluding hydrogens is 168 g/mol. The van der Waals surface area contributed by atoms with Gasteiger partial charge in [0.25, 0.3) is 0 Å². The van der Waals surface area contributed by atoms with E-state index in [-0.39, 0.29) is 12.6 Å². The molecule has 0 aliphatic rings. The fourth-order valence-corrected chi connectivity index (χ4v) is 0.786. The van der Waals surface area contributed by atoms with Crippen LogP contribution in [0, 0.1) is 0 Å². The number of allylic oxidation sites excluding steroid dienone is 1. The molecule has 0 aromatic heterocycles. The summed E-state index contributed by atoms with van der Waals surface area (Å²) in [5.41, 5.74) is -0.405. The monoisotopic (exact) mass is 186 g/mol. The van der Waals surface area contributed by atoms with Crippen molar-refractivity contribution in [1.29, 1.82) is 0 Å². The Hall–Kier alpha value is -0.830. The maximum absolute atomic E-state index is 11.1. The van der Waals surface area contributed by atoms with Gasteiger partial charge in [-0.3, -0.25) is 4.79 Å². The van der Waals surface area contributed by atoms with Gasteiger partial charge in [0.1, 0.15) is 5.60 Å². The van der Waals surface area contributed by atoms with Crippen LogP contribution in [0.2, 0.25) is 0 Å². The highest BCUT2D eigenvalue weighted by Gasteiger charge is 2.14. The number of aliphatic hydroxyl groups excluding tert-OH is 1. The van der Waals surface area contributed by atoms with Crippen LogP contribution in [0.4, 0.5) is 0 Å². The fraction of sp³-hybridized carbons (Fsp3) is 0.700. The van der Waals surface area contributed by atoms with Crippen LogP contribution in [-0.2, 0) is 9.53 Å². The molecule has 0 radical (unpaired) electrons. The zero-order chi connectivity index (χ0) is 10.3. The van der Waals surface area contributed by atoms with Crippen LogP contribution in [-0.4, -0.2) is 23.3 Å². The Morgan fingerprint density at radius 3 is 2.46 bits per heavy atom. The van der Waals surface area contributed by atoms with Crippen molar-refractivity contribution in [3.05, 3.63) is 12.2 Å². The van der Waals surface area contributed by atoms with Crippen LogP contribution in [0.1, 0.15) is 33.6 Å². The Balaban J connectivity index is 3.58. The van der Waals surface area contributed by atoms with Crippen molar-refractivity contribution in [2.45, 2.75) is 39.2 Å². The topological polar surface area (TPSA) is 46.5 Å². The number of carbonyl (C=O) groups is 1. The van der Waals surface area contributed by atoms with E-state index < -0.39 is 5.60 Å². The molecule has 0 rings (SSSR count). The van der Waals surface area contributed by atoms with Crippen molar-refractivity contribution in [3.63, 3.8) is 0 Å². The second kappa shape index (κ2) is 5.75. The standard InChI is InChI=1S/C10H18O3/c1-10(2,3)13-9(12)7-5-4-6-8-11/h4,6,11H,5,7-8H2,1-3H3. The van der Waals surface area contributed by atoms with Gasteiger partial charge in [0, 0.05) is 6.42 Å². The lowest BCUT2D eigenvalue weighted by molar-refractivity contribution is -0.154. The molecule has 0 saturated heterocycles. The normalized spacial score (nSPS) is 12.0. The molecule has 0 spiro atoms. The van der Waals surface area contributed by atoms with Gasteiger partial charge < -0.3 is 9.84 Å². The van der Waals surface area contributed by atoms with E-state index in [4.69, 9.17) is 9.84 Å². The molecule has 76 valence electrons. The molecule has 0 saturated carbocycles. The summed E-state index contributed by atoms with van der Waals surface area (Å²) < 4.78 is 5.08. The largest absolute Gasteiger partial charge is 0.460 e. The van der Waals surface area contributed by atoms with Gasteiger partial charge in [-0.1, -0.05) is 12.2 Å². The molecule has 1 N–H and O–H groups in total. The van der Waals surface area contributed by atoms with Crippen LogP contribution < -0.4 is 0 Å². The predicted molar refractivity (Wildman–Crippen MR) is 51.3 cm³/mol. The highest BCUT2D eigenvalue weighted by Crippen LogP contribution is 2.09. The minimum Gasteiger partial charge on any atom is -0.460 e. The van der Waals surface area contributed by atoms with Gasteiger partial charge in [-0.15, -0.1) is 0 Å². The van der Waals surface area contributed by atoms with Crippen LogP contribution in [0.3, 0.4) is 0 Å². The lowest BCUT2D eigenvalue weighted by atomic mass is 10.2. The minimum atomic E-state index is -0.405. The SMILES string of the molecule is CC(C)(C)OC(=O)CCC=CCO. The second-order valence-corrected chi connectivity index (χ2v) is 3.78. The van der Waals surface area contributed by atoms with Crippen LogP contribution >= 0.6 is 0 Å². The molecule has 3 nitrogen and oxygen atoms in total. The molecule has 0 fully saturated rings. The third-order valence-corrected chi connectivity index (χ3v) is 1.21. The first-order chi connectivity index (χ1) is 5.95. The first kappa shape index (κ1) is 12.2. The molecule has 0 heterocycles. The Bertz CT molecular complexity index is 177. The summed E-state index contributed by atoms with van der Waals surface area (Å²) in [6.07, 6.45) is 4.37. The molecule has 0 atom stereocenters. The van der Waals surface area contributed by atoms with E-state index >= 15 is 0 Å². The zero-order valence-corrected chi connectivity index (χ0v) is 8.54. The number of hydrogen-bond acceptors (Lipinski definition) is 3. The van der Waals surface area contributed by atoms with Crippen molar-refractivity contribution in [2.24, 2.45) is 0 Å². The quantitative estimate of drug-likeness (QED) is 0.536. The molecule has 0 bridgehead atoms. The minimum absolute atomic E-state index is 0.0221. The van der Waals surface area contributed by atoms with Crippen LogP contribution in [0.5, 0.6) is 0 Å². The van der Waals surface area contributed by atoms with Crippen LogP contribution in [0.15, 0.2) is 12.2 Å². The molecule has 0 aromatic carbocycles. The van der Waals surface area contributed by atoms with Gasteiger partial charge in [0.05, 0.1) is 6.61 Å². The fourth-order valence-electron chi connectivity index (χ4n) is 0.786. The summed E-state index contributed by atoms with van der Waals surface area (Å²) >= 11 is 0. The van der Waals surface area contributed by atoms with Gasteiger partial charge in [-0.25, -0.2) is 0 Å². The van der Waals surface area contributed by atoms with E-state index in [1.807, 2.05) is 20.8 Å². The van der Waals surface area contributed by atoms with Crippen molar-refractivity contribution in [2.75, 3.05) is 6.61 Å². The van der Waals surface area contributed by atoms with E-state index in [0.717, 1.165) is 0 Å². The number of esters is 1. The number of ether oxygens (including phenoxy) is 1. The van der Waals surface area contributed by atoms with E-state index in [9.17, 15) is 4.79 Å². The molecule has 0 aromatic rings. The van der Waals surface area contributed by atoms with Gasteiger partial charge in [-0.05, 0) is 27.2 Å². The van der Waals surface area contributed by atoms with Crippen molar-refractivity contribution < 1.29 is 14.6 Å².